The maximum atomic E-state index is 9.18. The number of hydrogen-bond acceptors (Lipinski definition) is 3. The number of aliphatic hydroxyl groups excluding tert-OH is 1. The lowest BCUT2D eigenvalue weighted by atomic mass is 9.91. The first-order chi connectivity index (χ1) is 5.33. The minimum absolute atomic E-state index is 0.0735. The molecule has 1 rings (SSSR count). The van der Waals surface area contributed by atoms with E-state index in [-0.39, 0.29) is 6.10 Å². The molecule has 1 radical (unpaired) electrons. The summed E-state index contributed by atoms with van der Waals surface area (Å²) < 4.78 is 4.77. The van der Waals surface area contributed by atoms with Crippen molar-refractivity contribution in [3.63, 3.8) is 0 Å². The number of rotatable bonds is 3. The van der Waals surface area contributed by atoms with Crippen LogP contribution in [0.4, 0.5) is 0 Å². The van der Waals surface area contributed by atoms with Gasteiger partial charge in [0.05, 0.1) is 6.10 Å². The van der Waals surface area contributed by atoms with Gasteiger partial charge in [-0.1, -0.05) is 0 Å². The highest BCUT2D eigenvalue weighted by Crippen LogP contribution is 2.17. The van der Waals surface area contributed by atoms with Gasteiger partial charge in [0.25, 0.3) is 0 Å². The molecule has 0 atom stereocenters. The molecule has 0 unspecified atom stereocenters. The first kappa shape index (κ1) is 9.04. The van der Waals surface area contributed by atoms with Crippen LogP contribution in [-0.4, -0.2) is 32.0 Å². The lowest BCUT2D eigenvalue weighted by Gasteiger charge is -2.25. The largest absolute Gasteiger partial charge is 0.427 e. The van der Waals surface area contributed by atoms with Crippen molar-refractivity contribution in [3.8, 4) is 0 Å². The molecule has 0 aromatic rings. The van der Waals surface area contributed by atoms with Crippen molar-refractivity contribution in [2.45, 2.75) is 37.8 Å². The highest BCUT2D eigenvalue weighted by molar-refractivity contribution is 6.23. The van der Waals surface area contributed by atoms with Gasteiger partial charge in [0.15, 0.2) is 0 Å². The van der Waals surface area contributed by atoms with Gasteiger partial charge < -0.3 is 15.0 Å². The maximum Gasteiger partial charge on any atom is 0.395 e. The van der Waals surface area contributed by atoms with Crippen LogP contribution in [0.1, 0.15) is 25.7 Å². The lowest BCUT2D eigenvalue weighted by molar-refractivity contribution is 0.120. The van der Waals surface area contributed by atoms with E-state index in [4.69, 9.17) is 4.65 Å². The molecule has 0 heterocycles. The summed E-state index contributed by atoms with van der Waals surface area (Å²) in [5, 5.41) is 12.3. The van der Waals surface area contributed by atoms with Crippen LogP contribution in [0, 0.1) is 0 Å². The van der Waals surface area contributed by atoms with Crippen LogP contribution in [0.25, 0.3) is 0 Å². The Morgan fingerprint density at radius 2 is 2.00 bits per heavy atom. The first-order valence-corrected chi connectivity index (χ1v) is 4.11. The fourth-order valence-electron chi connectivity index (χ4n) is 1.41. The molecule has 0 spiro atoms. The number of hydrogen-bond donors (Lipinski definition) is 2. The van der Waals surface area contributed by atoms with Gasteiger partial charge in [0.1, 0.15) is 0 Å². The molecule has 0 aromatic heterocycles. The number of aliphatic hydroxyl groups is 1. The second-order valence-electron chi connectivity index (χ2n) is 3.03. The minimum Gasteiger partial charge on any atom is -0.427 e. The smallest absolute Gasteiger partial charge is 0.395 e. The molecule has 2 N–H and O–H groups in total. The van der Waals surface area contributed by atoms with Gasteiger partial charge >= 0.3 is 7.62 Å². The summed E-state index contributed by atoms with van der Waals surface area (Å²) in [6.45, 7) is 0. The SMILES string of the molecule is CO[B]NC1CCC(O)CC1. The van der Waals surface area contributed by atoms with Crippen LogP contribution >= 0.6 is 0 Å². The van der Waals surface area contributed by atoms with Crippen LogP contribution in [-0.2, 0) is 4.65 Å². The third-order valence-corrected chi connectivity index (χ3v) is 2.12. The molecule has 3 nitrogen and oxygen atoms in total. The van der Waals surface area contributed by atoms with Crippen molar-refractivity contribution in [1.82, 2.24) is 5.23 Å². The zero-order valence-electron chi connectivity index (χ0n) is 6.92. The van der Waals surface area contributed by atoms with E-state index in [0.717, 1.165) is 25.7 Å². The fourth-order valence-corrected chi connectivity index (χ4v) is 1.41. The van der Waals surface area contributed by atoms with Crippen molar-refractivity contribution in [2.75, 3.05) is 7.11 Å². The molecule has 1 aliphatic rings. The minimum atomic E-state index is -0.0735. The summed E-state index contributed by atoms with van der Waals surface area (Å²) >= 11 is 0. The molecule has 4 heteroatoms. The molecule has 63 valence electrons. The van der Waals surface area contributed by atoms with Gasteiger partial charge in [0.2, 0.25) is 0 Å². The lowest BCUT2D eigenvalue weighted by Crippen LogP contribution is -2.37. The van der Waals surface area contributed by atoms with E-state index in [0.29, 0.717) is 6.04 Å². The van der Waals surface area contributed by atoms with Crippen LogP contribution in [0.3, 0.4) is 0 Å². The Morgan fingerprint density at radius 1 is 1.36 bits per heavy atom. The molecule has 1 fully saturated rings. The summed E-state index contributed by atoms with van der Waals surface area (Å²) in [5.41, 5.74) is 0. The molecular formula is C7H15BNO2. The van der Waals surface area contributed by atoms with E-state index in [9.17, 15) is 5.11 Å². The van der Waals surface area contributed by atoms with Gasteiger partial charge in [-0.25, -0.2) is 0 Å². The molecule has 1 aliphatic carbocycles. The summed E-state index contributed by atoms with van der Waals surface area (Å²) in [7, 11) is 3.24. The zero-order valence-corrected chi connectivity index (χ0v) is 6.92. The van der Waals surface area contributed by atoms with Gasteiger partial charge in [-0.15, -0.1) is 0 Å². The predicted molar refractivity (Wildman–Crippen MR) is 44.2 cm³/mol. The fraction of sp³-hybridized carbons (Fsp3) is 1.00. The average molecular weight is 156 g/mol. The summed E-state index contributed by atoms with van der Waals surface area (Å²) in [4.78, 5) is 0. The Morgan fingerprint density at radius 3 is 2.55 bits per heavy atom. The van der Waals surface area contributed by atoms with E-state index in [2.05, 4.69) is 5.23 Å². The van der Waals surface area contributed by atoms with Crippen molar-refractivity contribution >= 4 is 7.62 Å². The molecule has 0 bridgehead atoms. The van der Waals surface area contributed by atoms with E-state index in [1.54, 1.807) is 14.7 Å². The summed E-state index contributed by atoms with van der Waals surface area (Å²) in [6.07, 6.45) is 3.84. The van der Waals surface area contributed by atoms with E-state index in [1.165, 1.54) is 0 Å². The predicted octanol–water partition coefficient (Wildman–Crippen LogP) is 0.0601. The van der Waals surface area contributed by atoms with E-state index in [1.807, 2.05) is 0 Å². The van der Waals surface area contributed by atoms with Crippen molar-refractivity contribution in [2.24, 2.45) is 0 Å². The van der Waals surface area contributed by atoms with Crippen molar-refractivity contribution < 1.29 is 9.76 Å². The molecule has 0 amide bonds. The molecule has 0 aromatic carbocycles. The van der Waals surface area contributed by atoms with Gasteiger partial charge in [-0.3, -0.25) is 0 Å². The topological polar surface area (TPSA) is 41.5 Å². The quantitative estimate of drug-likeness (QED) is 0.567. The number of nitrogens with one attached hydrogen (secondary N) is 1. The van der Waals surface area contributed by atoms with Crippen molar-refractivity contribution in [3.05, 3.63) is 0 Å². The van der Waals surface area contributed by atoms with Gasteiger partial charge in [0, 0.05) is 7.11 Å². The van der Waals surface area contributed by atoms with Gasteiger partial charge in [-0.05, 0) is 31.7 Å². The third-order valence-electron chi connectivity index (χ3n) is 2.12. The highest BCUT2D eigenvalue weighted by atomic mass is 16.4. The third kappa shape index (κ3) is 3.23. The van der Waals surface area contributed by atoms with Crippen LogP contribution < -0.4 is 5.23 Å². The molecule has 0 aliphatic heterocycles. The van der Waals surface area contributed by atoms with E-state index < -0.39 is 0 Å². The van der Waals surface area contributed by atoms with Crippen molar-refractivity contribution in [1.29, 1.82) is 0 Å². The Labute approximate surface area is 68.4 Å². The molecule has 0 saturated heterocycles. The summed E-state index contributed by atoms with van der Waals surface area (Å²) in [6, 6.07) is 0.498. The second-order valence-corrected chi connectivity index (χ2v) is 3.03. The Hall–Kier alpha value is -0.0551. The van der Waals surface area contributed by atoms with Gasteiger partial charge in [-0.2, -0.15) is 0 Å². The Bertz CT molecular complexity index is 102. The maximum absolute atomic E-state index is 9.18. The standard InChI is InChI=1S/C7H15BNO2/c1-11-8-9-6-2-4-7(10)5-3-6/h6-7,9-10H,2-5H2,1H3. The molecule has 11 heavy (non-hydrogen) atoms. The second kappa shape index (κ2) is 4.75. The Kier molecular flexibility index (Phi) is 3.90. The average Bonchev–Trinajstić information content (AvgIpc) is 2.04. The van der Waals surface area contributed by atoms with Crippen LogP contribution in [0.2, 0.25) is 0 Å². The zero-order chi connectivity index (χ0) is 8.10. The van der Waals surface area contributed by atoms with Crippen LogP contribution in [0.5, 0.6) is 0 Å². The molecular weight excluding hydrogens is 141 g/mol. The Balaban J connectivity index is 2.07. The molecule has 1 saturated carbocycles. The summed E-state index contributed by atoms with van der Waals surface area (Å²) in [5.74, 6) is 0. The normalized spacial score (nSPS) is 31.8. The first-order valence-electron chi connectivity index (χ1n) is 4.11. The highest BCUT2D eigenvalue weighted by Gasteiger charge is 2.18. The monoisotopic (exact) mass is 156 g/mol. The van der Waals surface area contributed by atoms with E-state index >= 15 is 0 Å². The van der Waals surface area contributed by atoms with Crippen LogP contribution in [0.15, 0.2) is 0 Å².